The Morgan fingerprint density at radius 2 is 1.50 bits per heavy atom. The predicted molar refractivity (Wildman–Crippen MR) is 81.8 cm³/mol. The number of hydrogen-bond acceptors (Lipinski definition) is 1. The van der Waals surface area contributed by atoms with Crippen LogP contribution in [-0.4, -0.2) is 11.2 Å². The van der Waals surface area contributed by atoms with Gasteiger partial charge in [-0.15, -0.1) is 0 Å². The van der Waals surface area contributed by atoms with Crippen LogP contribution in [0.4, 0.5) is 0 Å². The first-order chi connectivity index (χ1) is 8.81. The molecule has 0 fully saturated rings. The Balaban J connectivity index is 3.40. The SMILES string of the molecule is CCCCC/C=C\C=C\[C@@H](O)CCCCCCC. The highest BCUT2D eigenvalue weighted by atomic mass is 16.3. The largest absolute Gasteiger partial charge is 0.389 e. The topological polar surface area (TPSA) is 20.2 Å². The van der Waals surface area contributed by atoms with E-state index >= 15 is 0 Å². The Morgan fingerprint density at radius 3 is 2.22 bits per heavy atom. The second kappa shape index (κ2) is 14.5. The zero-order valence-electron chi connectivity index (χ0n) is 12.4. The maximum Gasteiger partial charge on any atom is 0.0723 e. The summed E-state index contributed by atoms with van der Waals surface area (Å²) in [6, 6.07) is 0. The fourth-order valence-electron chi connectivity index (χ4n) is 1.93. The summed E-state index contributed by atoms with van der Waals surface area (Å²) in [5.41, 5.74) is 0. The lowest BCUT2D eigenvalue weighted by Gasteiger charge is -2.04. The molecule has 0 aromatic heterocycles. The van der Waals surface area contributed by atoms with Gasteiger partial charge in [0, 0.05) is 0 Å². The third-order valence-electron chi connectivity index (χ3n) is 3.16. The zero-order valence-corrected chi connectivity index (χ0v) is 12.4. The third-order valence-corrected chi connectivity index (χ3v) is 3.16. The average Bonchev–Trinajstić information content (AvgIpc) is 2.37. The molecule has 1 N–H and O–H groups in total. The van der Waals surface area contributed by atoms with Crippen LogP contribution in [0.5, 0.6) is 0 Å². The van der Waals surface area contributed by atoms with E-state index in [0.29, 0.717) is 0 Å². The lowest BCUT2D eigenvalue weighted by atomic mass is 10.1. The zero-order chi connectivity index (χ0) is 13.5. The van der Waals surface area contributed by atoms with E-state index in [1.54, 1.807) is 0 Å². The molecule has 0 rings (SSSR count). The van der Waals surface area contributed by atoms with Gasteiger partial charge in [0.1, 0.15) is 0 Å². The van der Waals surface area contributed by atoms with Crippen LogP contribution in [0.3, 0.4) is 0 Å². The van der Waals surface area contributed by atoms with E-state index in [1.807, 2.05) is 12.2 Å². The fraction of sp³-hybridized carbons (Fsp3) is 0.765. The Bertz CT molecular complexity index is 206. The molecular formula is C17H32O. The standard InChI is InChI=1S/C17H32O/c1-3-5-7-9-10-12-14-16-17(18)15-13-11-8-6-4-2/h10,12,14,16-18H,3-9,11,13,15H2,1-2H3/b12-10-,16-14+/t17-/m0/s1. The Hall–Kier alpha value is -0.560. The van der Waals surface area contributed by atoms with Crippen molar-refractivity contribution < 1.29 is 5.11 Å². The summed E-state index contributed by atoms with van der Waals surface area (Å²) in [6.07, 6.45) is 20.2. The van der Waals surface area contributed by atoms with E-state index in [0.717, 1.165) is 19.3 Å². The van der Waals surface area contributed by atoms with E-state index < -0.39 is 0 Å². The van der Waals surface area contributed by atoms with Crippen molar-refractivity contribution in [2.45, 2.75) is 84.2 Å². The van der Waals surface area contributed by atoms with E-state index in [1.165, 1.54) is 44.9 Å². The summed E-state index contributed by atoms with van der Waals surface area (Å²) in [5.74, 6) is 0. The molecule has 0 aromatic rings. The van der Waals surface area contributed by atoms with Gasteiger partial charge >= 0.3 is 0 Å². The lowest BCUT2D eigenvalue weighted by molar-refractivity contribution is 0.208. The van der Waals surface area contributed by atoms with E-state index in [2.05, 4.69) is 26.0 Å². The van der Waals surface area contributed by atoms with Crippen LogP contribution in [-0.2, 0) is 0 Å². The second-order valence-electron chi connectivity index (χ2n) is 5.08. The lowest BCUT2D eigenvalue weighted by Crippen LogP contribution is -2.01. The summed E-state index contributed by atoms with van der Waals surface area (Å²) < 4.78 is 0. The van der Waals surface area contributed by atoms with Crippen molar-refractivity contribution in [3.63, 3.8) is 0 Å². The van der Waals surface area contributed by atoms with Crippen LogP contribution in [0, 0.1) is 0 Å². The molecule has 18 heavy (non-hydrogen) atoms. The molecule has 0 spiro atoms. The molecule has 0 saturated heterocycles. The third kappa shape index (κ3) is 13.5. The first-order valence-corrected chi connectivity index (χ1v) is 7.82. The quantitative estimate of drug-likeness (QED) is 0.364. The van der Waals surface area contributed by atoms with Gasteiger partial charge in [-0.05, 0) is 19.3 Å². The van der Waals surface area contributed by atoms with Crippen LogP contribution in [0.15, 0.2) is 24.3 Å². The van der Waals surface area contributed by atoms with Gasteiger partial charge < -0.3 is 5.11 Å². The summed E-state index contributed by atoms with van der Waals surface area (Å²) in [7, 11) is 0. The molecule has 106 valence electrons. The van der Waals surface area contributed by atoms with Crippen LogP contribution in [0.1, 0.15) is 78.1 Å². The summed E-state index contributed by atoms with van der Waals surface area (Å²) >= 11 is 0. The van der Waals surface area contributed by atoms with Crippen molar-refractivity contribution >= 4 is 0 Å². The summed E-state index contributed by atoms with van der Waals surface area (Å²) in [4.78, 5) is 0. The predicted octanol–water partition coefficient (Wildman–Crippen LogP) is 5.40. The van der Waals surface area contributed by atoms with Crippen molar-refractivity contribution in [3.05, 3.63) is 24.3 Å². The molecule has 0 saturated carbocycles. The number of aliphatic hydroxyl groups is 1. The molecule has 0 bridgehead atoms. The summed E-state index contributed by atoms with van der Waals surface area (Å²) in [5, 5.41) is 9.73. The smallest absolute Gasteiger partial charge is 0.0723 e. The maximum atomic E-state index is 9.73. The minimum Gasteiger partial charge on any atom is -0.389 e. The van der Waals surface area contributed by atoms with Gasteiger partial charge in [-0.25, -0.2) is 0 Å². The number of rotatable bonds is 12. The average molecular weight is 252 g/mol. The Labute approximate surface area is 114 Å². The van der Waals surface area contributed by atoms with E-state index in [-0.39, 0.29) is 6.10 Å². The fourth-order valence-corrected chi connectivity index (χ4v) is 1.93. The van der Waals surface area contributed by atoms with E-state index in [4.69, 9.17) is 0 Å². The number of unbranched alkanes of at least 4 members (excludes halogenated alkanes) is 7. The first-order valence-electron chi connectivity index (χ1n) is 7.82. The maximum absolute atomic E-state index is 9.73. The number of allylic oxidation sites excluding steroid dienone is 3. The van der Waals surface area contributed by atoms with Crippen LogP contribution in [0.25, 0.3) is 0 Å². The highest BCUT2D eigenvalue weighted by molar-refractivity contribution is 5.04. The molecule has 0 aromatic carbocycles. The Kier molecular flexibility index (Phi) is 14.0. The van der Waals surface area contributed by atoms with Crippen molar-refractivity contribution in [2.75, 3.05) is 0 Å². The highest BCUT2D eigenvalue weighted by Gasteiger charge is 1.97. The normalized spacial score (nSPS) is 13.7. The molecule has 0 aliphatic heterocycles. The molecule has 0 aliphatic carbocycles. The highest BCUT2D eigenvalue weighted by Crippen LogP contribution is 2.08. The molecular weight excluding hydrogens is 220 g/mol. The van der Waals surface area contributed by atoms with E-state index in [9.17, 15) is 5.11 Å². The van der Waals surface area contributed by atoms with Crippen LogP contribution < -0.4 is 0 Å². The molecule has 0 amide bonds. The van der Waals surface area contributed by atoms with Crippen LogP contribution >= 0.6 is 0 Å². The van der Waals surface area contributed by atoms with Crippen molar-refractivity contribution in [3.8, 4) is 0 Å². The summed E-state index contributed by atoms with van der Waals surface area (Å²) in [6.45, 7) is 4.45. The van der Waals surface area contributed by atoms with Gasteiger partial charge in [0.25, 0.3) is 0 Å². The van der Waals surface area contributed by atoms with Gasteiger partial charge in [0.05, 0.1) is 6.10 Å². The van der Waals surface area contributed by atoms with Crippen LogP contribution in [0.2, 0.25) is 0 Å². The Morgan fingerprint density at radius 1 is 0.833 bits per heavy atom. The molecule has 1 atom stereocenters. The molecule has 0 unspecified atom stereocenters. The number of aliphatic hydroxyl groups excluding tert-OH is 1. The van der Waals surface area contributed by atoms with Gasteiger partial charge in [0.2, 0.25) is 0 Å². The van der Waals surface area contributed by atoms with Crippen molar-refractivity contribution in [1.82, 2.24) is 0 Å². The minimum absolute atomic E-state index is 0.257. The monoisotopic (exact) mass is 252 g/mol. The minimum atomic E-state index is -0.257. The molecule has 1 heteroatoms. The second-order valence-corrected chi connectivity index (χ2v) is 5.08. The van der Waals surface area contributed by atoms with Gasteiger partial charge in [-0.2, -0.15) is 0 Å². The molecule has 0 aliphatic rings. The van der Waals surface area contributed by atoms with Gasteiger partial charge in [0.15, 0.2) is 0 Å². The van der Waals surface area contributed by atoms with Gasteiger partial charge in [-0.1, -0.05) is 83.1 Å². The first kappa shape index (κ1) is 17.4. The number of hydrogen-bond donors (Lipinski definition) is 1. The molecule has 1 nitrogen and oxygen atoms in total. The van der Waals surface area contributed by atoms with Gasteiger partial charge in [-0.3, -0.25) is 0 Å². The molecule has 0 heterocycles. The van der Waals surface area contributed by atoms with Crippen molar-refractivity contribution in [1.29, 1.82) is 0 Å². The molecule has 0 radical (unpaired) electrons. The van der Waals surface area contributed by atoms with Crippen molar-refractivity contribution in [2.24, 2.45) is 0 Å².